The van der Waals surface area contributed by atoms with E-state index in [0.29, 0.717) is 5.82 Å². The Morgan fingerprint density at radius 3 is 2.79 bits per heavy atom. The van der Waals surface area contributed by atoms with Crippen molar-refractivity contribution < 1.29 is 4.52 Å². The molecule has 0 amide bonds. The monoisotopic (exact) mass is 254 g/mol. The Balaban J connectivity index is 2.56. The molecule has 0 radical (unpaired) electrons. The smallest absolute Gasteiger partial charge is 0.296 e. The molecule has 2 rings (SSSR count). The van der Waals surface area contributed by atoms with E-state index in [0.717, 1.165) is 15.6 Å². The normalized spacial score (nSPS) is 10.4. The predicted octanol–water partition coefficient (Wildman–Crippen LogP) is 2.10. The second-order valence-electron chi connectivity index (χ2n) is 2.96. The van der Waals surface area contributed by atoms with Crippen molar-refractivity contribution in [1.82, 2.24) is 10.1 Å². The fraction of sp³-hybridized carbons (Fsp3) is 0.111. The second kappa shape index (κ2) is 3.42. The lowest BCUT2D eigenvalue weighted by molar-refractivity contribution is 0.388. The van der Waals surface area contributed by atoms with Crippen LogP contribution in [0.5, 0.6) is 0 Å². The number of halogens is 1. The first-order chi connectivity index (χ1) is 6.65. The Labute approximate surface area is 88.1 Å². The van der Waals surface area contributed by atoms with E-state index in [4.69, 9.17) is 0 Å². The van der Waals surface area contributed by atoms with Crippen LogP contribution < -0.4 is 5.76 Å². The maximum absolute atomic E-state index is 10.7. The molecular formula is C9H7BrN2O2. The Morgan fingerprint density at radius 1 is 1.43 bits per heavy atom. The van der Waals surface area contributed by atoms with Gasteiger partial charge in [-0.15, -0.1) is 0 Å². The number of benzene rings is 1. The van der Waals surface area contributed by atoms with Crippen molar-refractivity contribution in [3.05, 3.63) is 38.8 Å². The highest BCUT2D eigenvalue weighted by Gasteiger charge is 2.05. The molecule has 1 aromatic carbocycles. The van der Waals surface area contributed by atoms with Gasteiger partial charge in [-0.2, -0.15) is 0 Å². The molecule has 1 heterocycles. The molecule has 0 atom stereocenters. The molecule has 72 valence electrons. The minimum absolute atomic E-state index is 0.444. The van der Waals surface area contributed by atoms with Crippen molar-refractivity contribution in [3.8, 4) is 11.4 Å². The molecule has 0 saturated carbocycles. The minimum Gasteiger partial charge on any atom is -0.296 e. The summed E-state index contributed by atoms with van der Waals surface area (Å²) in [5.74, 6) is -0.1000. The van der Waals surface area contributed by atoms with Crippen LogP contribution in [0.25, 0.3) is 11.4 Å². The van der Waals surface area contributed by atoms with E-state index in [1.165, 1.54) is 0 Å². The van der Waals surface area contributed by atoms with Crippen LogP contribution in [-0.4, -0.2) is 10.1 Å². The van der Waals surface area contributed by atoms with Gasteiger partial charge in [-0.05, 0) is 30.7 Å². The average molecular weight is 255 g/mol. The van der Waals surface area contributed by atoms with E-state index in [1.807, 2.05) is 25.1 Å². The lowest BCUT2D eigenvalue weighted by Crippen LogP contribution is -1.94. The molecule has 4 nitrogen and oxygen atoms in total. The molecule has 1 N–H and O–H groups in total. The van der Waals surface area contributed by atoms with E-state index in [9.17, 15) is 4.79 Å². The molecule has 0 saturated heterocycles. The first kappa shape index (κ1) is 9.21. The van der Waals surface area contributed by atoms with Gasteiger partial charge in [0.1, 0.15) is 0 Å². The van der Waals surface area contributed by atoms with Crippen LogP contribution in [0.3, 0.4) is 0 Å². The zero-order valence-electron chi connectivity index (χ0n) is 7.37. The van der Waals surface area contributed by atoms with Crippen LogP contribution in [0, 0.1) is 6.92 Å². The number of hydrogen-bond donors (Lipinski definition) is 1. The van der Waals surface area contributed by atoms with E-state index in [2.05, 4.69) is 30.6 Å². The van der Waals surface area contributed by atoms with Gasteiger partial charge in [-0.25, -0.2) is 4.79 Å². The molecule has 5 heteroatoms. The Morgan fingerprint density at radius 2 is 2.21 bits per heavy atom. The third-order valence-corrected chi connectivity index (χ3v) is 2.21. The first-order valence-corrected chi connectivity index (χ1v) is 4.78. The number of aromatic nitrogens is 2. The third-order valence-electron chi connectivity index (χ3n) is 1.76. The maximum Gasteiger partial charge on any atom is 0.439 e. The summed E-state index contributed by atoms with van der Waals surface area (Å²) in [6, 6.07) is 5.75. The van der Waals surface area contributed by atoms with Crippen molar-refractivity contribution in [3.63, 3.8) is 0 Å². The first-order valence-electron chi connectivity index (χ1n) is 3.99. The van der Waals surface area contributed by atoms with Crippen LogP contribution in [0.4, 0.5) is 0 Å². The van der Waals surface area contributed by atoms with Crippen molar-refractivity contribution in [2.75, 3.05) is 0 Å². The highest BCUT2D eigenvalue weighted by atomic mass is 79.9. The Kier molecular flexibility index (Phi) is 2.25. The maximum atomic E-state index is 10.7. The van der Waals surface area contributed by atoms with Gasteiger partial charge in [-0.3, -0.25) is 9.51 Å². The van der Waals surface area contributed by atoms with Crippen molar-refractivity contribution >= 4 is 15.9 Å². The fourth-order valence-electron chi connectivity index (χ4n) is 1.23. The summed E-state index contributed by atoms with van der Waals surface area (Å²) in [7, 11) is 0. The average Bonchev–Trinajstić information content (AvgIpc) is 2.50. The third kappa shape index (κ3) is 1.77. The molecule has 0 fully saturated rings. The summed E-state index contributed by atoms with van der Waals surface area (Å²) < 4.78 is 5.36. The molecule has 1 aromatic heterocycles. The SMILES string of the molecule is Cc1cc(Br)cc(-c2noc(=O)[nH]2)c1. The summed E-state index contributed by atoms with van der Waals surface area (Å²) in [5.41, 5.74) is 1.90. The van der Waals surface area contributed by atoms with Gasteiger partial charge in [0.05, 0.1) is 0 Å². The number of aromatic amines is 1. The van der Waals surface area contributed by atoms with Crippen LogP contribution in [0.1, 0.15) is 5.56 Å². The highest BCUT2D eigenvalue weighted by Crippen LogP contribution is 2.21. The number of nitrogens with one attached hydrogen (secondary N) is 1. The lowest BCUT2D eigenvalue weighted by atomic mass is 10.1. The standard InChI is InChI=1S/C9H7BrN2O2/c1-5-2-6(4-7(10)3-5)8-11-9(13)14-12-8/h2-4H,1H3,(H,11,12,13). The molecule has 0 spiro atoms. The summed E-state index contributed by atoms with van der Waals surface area (Å²) in [5, 5.41) is 3.60. The van der Waals surface area contributed by atoms with Crippen molar-refractivity contribution in [2.24, 2.45) is 0 Å². The van der Waals surface area contributed by atoms with E-state index < -0.39 is 5.76 Å². The Bertz CT molecular complexity index is 495. The number of hydrogen-bond acceptors (Lipinski definition) is 3. The van der Waals surface area contributed by atoms with E-state index >= 15 is 0 Å². The van der Waals surface area contributed by atoms with Gasteiger partial charge in [0.25, 0.3) is 0 Å². The number of aryl methyl sites for hydroxylation is 1. The molecule has 0 aliphatic carbocycles. The number of rotatable bonds is 1. The minimum atomic E-state index is -0.544. The molecule has 0 aliphatic rings. The largest absolute Gasteiger partial charge is 0.439 e. The van der Waals surface area contributed by atoms with Gasteiger partial charge in [-0.1, -0.05) is 21.1 Å². The quantitative estimate of drug-likeness (QED) is 0.848. The van der Waals surface area contributed by atoms with Gasteiger partial charge in [0.2, 0.25) is 0 Å². The topological polar surface area (TPSA) is 58.9 Å². The molecule has 0 aliphatic heterocycles. The van der Waals surface area contributed by atoms with Crippen LogP contribution in [0.2, 0.25) is 0 Å². The number of nitrogens with zero attached hydrogens (tertiary/aromatic N) is 1. The molecule has 0 unspecified atom stereocenters. The van der Waals surface area contributed by atoms with Gasteiger partial charge in [0, 0.05) is 10.0 Å². The zero-order valence-corrected chi connectivity index (χ0v) is 8.96. The molecule has 14 heavy (non-hydrogen) atoms. The molecule has 2 aromatic rings. The summed E-state index contributed by atoms with van der Waals surface area (Å²) >= 11 is 3.37. The summed E-state index contributed by atoms with van der Waals surface area (Å²) in [4.78, 5) is 13.2. The second-order valence-corrected chi connectivity index (χ2v) is 3.88. The highest BCUT2D eigenvalue weighted by molar-refractivity contribution is 9.10. The van der Waals surface area contributed by atoms with Crippen LogP contribution in [-0.2, 0) is 0 Å². The summed E-state index contributed by atoms with van der Waals surface area (Å²) in [6.45, 7) is 1.96. The van der Waals surface area contributed by atoms with Gasteiger partial charge >= 0.3 is 5.76 Å². The van der Waals surface area contributed by atoms with Crippen LogP contribution >= 0.6 is 15.9 Å². The van der Waals surface area contributed by atoms with Crippen LogP contribution in [0.15, 0.2) is 32.0 Å². The Hall–Kier alpha value is -1.36. The van der Waals surface area contributed by atoms with Gasteiger partial charge in [0.15, 0.2) is 5.82 Å². The van der Waals surface area contributed by atoms with Gasteiger partial charge < -0.3 is 0 Å². The zero-order chi connectivity index (χ0) is 10.1. The molecule has 0 bridgehead atoms. The van der Waals surface area contributed by atoms with E-state index in [-0.39, 0.29) is 0 Å². The summed E-state index contributed by atoms with van der Waals surface area (Å²) in [6.07, 6.45) is 0. The molecular weight excluding hydrogens is 248 g/mol. The fourth-order valence-corrected chi connectivity index (χ4v) is 1.84. The van der Waals surface area contributed by atoms with Crippen molar-refractivity contribution in [2.45, 2.75) is 6.92 Å². The predicted molar refractivity (Wildman–Crippen MR) is 55.0 cm³/mol. The number of H-pyrrole nitrogens is 1. The lowest BCUT2D eigenvalue weighted by Gasteiger charge is -1.98. The van der Waals surface area contributed by atoms with Crippen molar-refractivity contribution in [1.29, 1.82) is 0 Å². The van der Waals surface area contributed by atoms with E-state index in [1.54, 1.807) is 0 Å².